The molecule has 0 fully saturated rings. The van der Waals surface area contributed by atoms with Crippen molar-refractivity contribution in [2.24, 2.45) is 0 Å². The predicted molar refractivity (Wildman–Crippen MR) is 58.8 cm³/mol. The summed E-state index contributed by atoms with van der Waals surface area (Å²) in [6, 6.07) is 0. The van der Waals surface area contributed by atoms with Gasteiger partial charge in [0.15, 0.2) is 0 Å². The lowest BCUT2D eigenvalue weighted by Gasteiger charge is -2.08. The number of carbonyl (C=O) groups is 1. The molecule has 1 radical (unpaired) electrons. The highest BCUT2D eigenvalue weighted by molar-refractivity contribution is 5.37. The van der Waals surface area contributed by atoms with Crippen molar-refractivity contribution in [2.75, 3.05) is 0 Å². The van der Waals surface area contributed by atoms with E-state index in [0.717, 1.165) is 19.3 Å². The third kappa shape index (κ3) is 9.30. The number of unbranched alkanes of at least 4 members (excludes halogenated alkanes) is 5. The van der Waals surface area contributed by atoms with Gasteiger partial charge in [0.2, 0.25) is 0 Å². The van der Waals surface area contributed by atoms with Crippen LogP contribution in [0.2, 0.25) is 0 Å². The van der Waals surface area contributed by atoms with Crippen LogP contribution in [-0.2, 0) is 9.53 Å². The smallest absolute Gasteiger partial charge is 0.293 e. The second kappa shape index (κ2) is 10.3. The van der Waals surface area contributed by atoms with Crippen LogP contribution in [0.5, 0.6) is 0 Å². The Balaban J connectivity index is 3.04. The number of hydrogen-bond acceptors (Lipinski definition) is 2. The van der Waals surface area contributed by atoms with E-state index in [0.29, 0.717) is 6.47 Å². The summed E-state index contributed by atoms with van der Waals surface area (Å²) in [5, 5.41) is 0. The van der Waals surface area contributed by atoms with E-state index in [1.807, 2.05) is 6.08 Å². The molecule has 0 aliphatic rings. The molecule has 0 bridgehead atoms. The molecule has 0 aromatic heterocycles. The monoisotopic (exact) mass is 197 g/mol. The number of carbonyl (C=O) groups excluding carboxylic acids is 1. The summed E-state index contributed by atoms with van der Waals surface area (Å²) in [6.07, 6.45) is 9.84. The number of allylic oxidation sites excluding steroid dienone is 1. The van der Waals surface area contributed by atoms with Gasteiger partial charge in [-0.05, 0) is 32.6 Å². The van der Waals surface area contributed by atoms with Crippen molar-refractivity contribution in [3.05, 3.63) is 19.6 Å². The third-order valence-electron chi connectivity index (χ3n) is 2.18. The Hall–Kier alpha value is -0.790. The molecular formula is C12H21O2. The maximum Gasteiger partial charge on any atom is 0.293 e. The standard InChI is InChI=1S/C12H21O2/c1-3-4-5-6-7-8-9-10-12(2)14-11-13/h3,11-12H,1-2,4-10H2/t12-/m1/s1. The summed E-state index contributed by atoms with van der Waals surface area (Å²) in [7, 11) is 0. The van der Waals surface area contributed by atoms with Gasteiger partial charge in [0.1, 0.15) is 6.10 Å². The fourth-order valence-corrected chi connectivity index (χ4v) is 1.34. The molecule has 0 saturated heterocycles. The third-order valence-corrected chi connectivity index (χ3v) is 2.18. The molecule has 0 rings (SSSR count). The van der Waals surface area contributed by atoms with Crippen LogP contribution in [0.25, 0.3) is 0 Å². The molecule has 0 heterocycles. The van der Waals surface area contributed by atoms with Crippen LogP contribution in [0, 0.1) is 6.92 Å². The van der Waals surface area contributed by atoms with Crippen molar-refractivity contribution in [3.63, 3.8) is 0 Å². The van der Waals surface area contributed by atoms with Gasteiger partial charge in [0.05, 0.1) is 0 Å². The molecule has 0 amide bonds. The van der Waals surface area contributed by atoms with Crippen LogP contribution in [0.4, 0.5) is 0 Å². The van der Waals surface area contributed by atoms with Crippen LogP contribution >= 0.6 is 0 Å². The molecule has 1 atom stereocenters. The van der Waals surface area contributed by atoms with Gasteiger partial charge in [-0.3, -0.25) is 4.79 Å². The lowest BCUT2D eigenvalue weighted by Crippen LogP contribution is -2.06. The highest BCUT2D eigenvalue weighted by Gasteiger charge is 2.00. The van der Waals surface area contributed by atoms with Gasteiger partial charge in [0, 0.05) is 0 Å². The fraction of sp³-hybridized carbons (Fsp3) is 0.667. The SMILES string of the molecule is [CH2][C@H](CCCCCCCC=C)OC=O. The van der Waals surface area contributed by atoms with Gasteiger partial charge >= 0.3 is 0 Å². The zero-order chi connectivity index (χ0) is 10.6. The first-order chi connectivity index (χ1) is 6.81. The second-order valence-electron chi connectivity index (χ2n) is 3.49. The topological polar surface area (TPSA) is 26.3 Å². The first-order valence-corrected chi connectivity index (χ1v) is 5.34. The van der Waals surface area contributed by atoms with Gasteiger partial charge in [-0.25, -0.2) is 0 Å². The molecule has 14 heavy (non-hydrogen) atoms. The first kappa shape index (κ1) is 13.2. The van der Waals surface area contributed by atoms with Gasteiger partial charge in [-0.2, -0.15) is 0 Å². The molecule has 0 aromatic carbocycles. The Morgan fingerprint density at radius 3 is 2.43 bits per heavy atom. The van der Waals surface area contributed by atoms with Crippen LogP contribution in [0.3, 0.4) is 0 Å². The van der Waals surface area contributed by atoms with Gasteiger partial charge in [-0.15, -0.1) is 6.58 Å². The van der Waals surface area contributed by atoms with E-state index in [2.05, 4.69) is 18.2 Å². The van der Waals surface area contributed by atoms with E-state index in [-0.39, 0.29) is 6.10 Å². The highest BCUT2D eigenvalue weighted by atomic mass is 16.5. The Morgan fingerprint density at radius 2 is 1.79 bits per heavy atom. The molecule has 0 aliphatic heterocycles. The summed E-state index contributed by atoms with van der Waals surface area (Å²) in [5.74, 6) is 0. The van der Waals surface area contributed by atoms with E-state index in [9.17, 15) is 4.79 Å². The normalized spacial score (nSPS) is 12.1. The summed E-state index contributed by atoms with van der Waals surface area (Å²) >= 11 is 0. The van der Waals surface area contributed by atoms with E-state index in [4.69, 9.17) is 0 Å². The summed E-state index contributed by atoms with van der Waals surface area (Å²) < 4.78 is 4.68. The Morgan fingerprint density at radius 1 is 1.14 bits per heavy atom. The average molecular weight is 197 g/mol. The molecule has 81 valence electrons. The number of rotatable bonds is 10. The zero-order valence-electron chi connectivity index (χ0n) is 8.91. The van der Waals surface area contributed by atoms with Crippen LogP contribution in [0.1, 0.15) is 44.9 Å². The van der Waals surface area contributed by atoms with Gasteiger partial charge < -0.3 is 4.74 Å². The van der Waals surface area contributed by atoms with Crippen LogP contribution in [0.15, 0.2) is 12.7 Å². The second-order valence-corrected chi connectivity index (χ2v) is 3.49. The largest absolute Gasteiger partial charge is 0.465 e. The molecule has 0 spiro atoms. The maximum atomic E-state index is 9.95. The van der Waals surface area contributed by atoms with Crippen molar-refractivity contribution in [1.29, 1.82) is 0 Å². The van der Waals surface area contributed by atoms with Gasteiger partial charge in [0.25, 0.3) is 6.47 Å². The van der Waals surface area contributed by atoms with E-state index in [1.165, 1.54) is 25.7 Å². The van der Waals surface area contributed by atoms with E-state index in [1.54, 1.807) is 0 Å². The summed E-state index contributed by atoms with van der Waals surface area (Å²) in [5.41, 5.74) is 0. The number of ether oxygens (including phenoxy) is 1. The lowest BCUT2D eigenvalue weighted by atomic mass is 10.1. The minimum atomic E-state index is -0.166. The Labute approximate surface area is 87.3 Å². The van der Waals surface area contributed by atoms with Crippen molar-refractivity contribution in [2.45, 2.75) is 51.0 Å². The van der Waals surface area contributed by atoms with Crippen LogP contribution < -0.4 is 0 Å². The predicted octanol–water partition coefficient (Wildman–Crippen LogP) is 3.28. The minimum absolute atomic E-state index is 0.166. The minimum Gasteiger partial charge on any atom is -0.465 e. The van der Waals surface area contributed by atoms with Crippen molar-refractivity contribution >= 4 is 6.47 Å². The molecule has 0 N–H and O–H groups in total. The summed E-state index contributed by atoms with van der Waals surface area (Å²) in [6.45, 7) is 7.86. The number of hydrogen-bond donors (Lipinski definition) is 0. The molecular weight excluding hydrogens is 176 g/mol. The summed E-state index contributed by atoms with van der Waals surface area (Å²) in [4.78, 5) is 9.95. The van der Waals surface area contributed by atoms with Crippen molar-refractivity contribution < 1.29 is 9.53 Å². The molecule has 0 aromatic rings. The first-order valence-electron chi connectivity index (χ1n) is 5.34. The van der Waals surface area contributed by atoms with Crippen molar-refractivity contribution in [1.82, 2.24) is 0 Å². The van der Waals surface area contributed by atoms with E-state index < -0.39 is 0 Å². The van der Waals surface area contributed by atoms with Crippen molar-refractivity contribution in [3.8, 4) is 0 Å². The Bertz CT molecular complexity index is 143. The molecule has 0 aliphatic carbocycles. The fourth-order valence-electron chi connectivity index (χ4n) is 1.34. The van der Waals surface area contributed by atoms with E-state index >= 15 is 0 Å². The quantitative estimate of drug-likeness (QED) is 0.305. The maximum absolute atomic E-state index is 9.95. The van der Waals surface area contributed by atoms with Gasteiger partial charge in [-0.1, -0.05) is 25.3 Å². The molecule has 2 heteroatoms. The average Bonchev–Trinajstić information content (AvgIpc) is 2.17. The zero-order valence-corrected chi connectivity index (χ0v) is 8.91. The van der Waals surface area contributed by atoms with Crippen LogP contribution in [-0.4, -0.2) is 12.6 Å². The molecule has 2 nitrogen and oxygen atoms in total. The molecule has 0 saturated carbocycles. The lowest BCUT2D eigenvalue weighted by molar-refractivity contribution is -0.131. The Kier molecular flexibility index (Phi) is 9.71. The highest BCUT2D eigenvalue weighted by Crippen LogP contribution is 2.09. The molecule has 0 unspecified atom stereocenters.